The Morgan fingerprint density at radius 3 is 2.57 bits per heavy atom. The lowest BCUT2D eigenvalue weighted by Gasteiger charge is -2.22. The second-order valence-corrected chi connectivity index (χ2v) is 5.19. The summed E-state index contributed by atoms with van der Waals surface area (Å²) in [5, 5.41) is 0.794. The van der Waals surface area contributed by atoms with Crippen LogP contribution < -0.4 is 4.90 Å². The topological polar surface area (TPSA) is 3.24 Å². The molecule has 14 heavy (non-hydrogen) atoms. The Balaban J connectivity index is 2.84. The summed E-state index contributed by atoms with van der Waals surface area (Å²) in [7, 11) is 2.06. The lowest BCUT2D eigenvalue weighted by molar-refractivity contribution is 0.638. The molecule has 1 nitrogen and oxygen atoms in total. The molecule has 1 rings (SSSR count). The molecule has 0 aliphatic heterocycles. The summed E-state index contributed by atoms with van der Waals surface area (Å²) in [6.07, 6.45) is 0. The van der Waals surface area contributed by atoms with Crippen molar-refractivity contribution in [2.24, 2.45) is 5.92 Å². The van der Waals surface area contributed by atoms with Crippen molar-refractivity contribution in [3.63, 3.8) is 0 Å². The third-order valence-corrected chi connectivity index (χ3v) is 2.76. The number of hydrogen-bond acceptors (Lipinski definition) is 1. The van der Waals surface area contributed by atoms with Crippen LogP contribution in [0.1, 0.15) is 13.8 Å². The molecule has 0 unspecified atom stereocenters. The maximum absolute atomic E-state index is 6.14. The zero-order valence-electron chi connectivity index (χ0n) is 8.72. The fourth-order valence-electron chi connectivity index (χ4n) is 1.44. The smallest absolute Gasteiger partial charge is 0.0650 e. The maximum Gasteiger partial charge on any atom is 0.0650 e. The summed E-state index contributed by atoms with van der Waals surface area (Å²) in [6.45, 7) is 5.41. The van der Waals surface area contributed by atoms with Crippen molar-refractivity contribution in [1.82, 2.24) is 0 Å². The lowest BCUT2D eigenvalue weighted by atomic mass is 10.2. The summed E-state index contributed by atoms with van der Waals surface area (Å²) >= 11 is 9.53. The van der Waals surface area contributed by atoms with Crippen LogP contribution in [0.15, 0.2) is 22.7 Å². The predicted molar refractivity (Wildman–Crippen MR) is 67.3 cm³/mol. The van der Waals surface area contributed by atoms with E-state index < -0.39 is 0 Å². The summed E-state index contributed by atoms with van der Waals surface area (Å²) < 4.78 is 1.02. The minimum Gasteiger partial charge on any atom is -0.373 e. The standard InChI is InChI=1S/C11H15BrClN/c1-8(2)7-14(3)11-5-4-9(12)6-10(11)13/h4-6,8H,7H2,1-3H3. The Hall–Kier alpha value is -0.210. The van der Waals surface area contributed by atoms with Crippen molar-refractivity contribution < 1.29 is 0 Å². The van der Waals surface area contributed by atoms with Crippen LogP contribution in [0.2, 0.25) is 5.02 Å². The molecule has 0 saturated carbocycles. The van der Waals surface area contributed by atoms with Crippen molar-refractivity contribution in [3.8, 4) is 0 Å². The van der Waals surface area contributed by atoms with Gasteiger partial charge in [0.05, 0.1) is 10.7 Å². The van der Waals surface area contributed by atoms with Crippen LogP contribution in [0.5, 0.6) is 0 Å². The van der Waals surface area contributed by atoms with E-state index in [9.17, 15) is 0 Å². The molecule has 78 valence electrons. The van der Waals surface area contributed by atoms with Crippen LogP contribution in [-0.2, 0) is 0 Å². The number of hydrogen-bond donors (Lipinski definition) is 0. The van der Waals surface area contributed by atoms with E-state index in [2.05, 4.69) is 41.7 Å². The van der Waals surface area contributed by atoms with Crippen LogP contribution in [0.3, 0.4) is 0 Å². The Morgan fingerprint density at radius 1 is 1.43 bits per heavy atom. The molecule has 0 spiro atoms. The van der Waals surface area contributed by atoms with E-state index in [1.54, 1.807) is 0 Å². The average Bonchev–Trinajstić information content (AvgIpc) is 2.01. The van der Waals surface area contributed by atoms with Crippen LogP contribution in [0.4, 0.5) is 5.69 Å². The van der Waals surface area contributed by atoms with Gasteiger partial charge < -0.3 is 4.90 Å². The Kier molecular flexibility index (Phi) is 4.27. The maximum atomic E-state index is 6.14. The van der Waals surface area contributed by atoms with Gasteiger partial charge in [-0.2, -0.15) is 0 Å². The minimum atomic E-state index is 0.639. The molecule has 0 N–H and O–H groups in total. The van der Waals surface area contributed by atoms with Crippen LogP contribution in [-0.4, -0.2) is 13.6 Å². The van der Waals surface area contributed by atoms with Crippen LogP contribution in [0.25, 0.3) is 0 Å². The molecule has 0 bridgehead atoms. The summed E-state index contributed by atoms with van der Waals surface area (Å²) in [5.41, 5.74) is 1.09. The van der Waals surface area contributed by atoms with E-state index in [1.807, 2.05) is 18.2 Å². The molecular weight excluding hydrogens is 261 g/mol. The van der Waals surface area contributed by atoms with Crippen molar-refractivity contribution >= 4 is 33.2 Å². The molecule has 0 aromatic heterocycles. The van der Waals surface area contributed by atoms with Gasteiger partial charge in [-0.1, -0.05) is 41.4 Å². The van der Waals surface area contributed by atoms with Gasteiger partial charge in [-0.3, -0.25) is 0 Å². The second kappa shape index (κ2) is 5.04. The molecule has 1 aromatic carbocycles. The first-order valence-electron chi connectivity index (χ1n) is 4.67. The average molecular weight is 277 g/mol. The molecule has 0 radical (unpaired) electrons. The SMILES string of the molecule is CC(C)CN(C)c1ccc(Br)cc1Cl. The van der Waals surface area contributed by atoms with E-state index in [1.165, 1.54) is 0 Å². The molecule has 3 heteroatoms. The summed E-state index contributed by atoms with van der Waals surface area (Å²) in [5.74, 6) is 0.639. The number of halogens is 2. The van der Waals surface area contributed by atoms with Gasteiger partial charge >= 0.3 is 0 Å². The van der Waals surface area contributed by atoms with Gasteiger partial charge in [0.15, 0.2) is 0 Å². The van der Waals surface area contributed by atoms with E-state index in [0.29, 0.717) is 5.92 Å². The van der Waals surface area contributed by atoms with Gasteiger partial charge in [-0.05, 0) is 24.1 Å². The zero-order valence-corrected chi connectivity index (χ0v) is 11.1. The molecule has 0 heterocycles. The fourth-order valence-corrected chi connectivity index (χ4v) is 2.25. The molecule has 0 atom stereocenters. The van der Waals surface area contributed by atoms with Gasteiger partial charge in [0.25, 0.3) is 0 Å². The van der Waals surface area contributed by atoms with E-state index >= 15 is 0 Å². The van der Waals surface area contributed by atoms with Crippen LogP contribution >= 0.6 is 27.5 Å². The largest absolute Gasteiger partial charge is 0.373 e. The third-order valence-electron chi connectivity index (χ3n) is 1.96. The first kappa shape index (κ1) is 11.9. The first-order valence-corrected chi connectivity index (χ1v) is 5.84. The van der Waals surface area contributed by atoms with E-state index in [0.717, 1.165) is 21.7 Å². The Labute approximate surface area is 99.2 Å². The predicted octanol–water partition coefficient (Wildman–Crippen LogP) is 4.19. The highest BCUT2D eigenvalue weighted by atomic mass is 79.9. The molecule has 0 fully saturated rings. The summed E-state index contributed by atoms with van der Waals surface area (Å²) in [6, 6.07) is 5.97. The molecule has 0 aliphatic rings. The summed E-state index contributed by atoms with van der Waals surface area (Å²) in [4.78, 5) is 2.18. The van der Waals surface area contributed by atoms with E-state index in [4.69, 9.17) is 11.6 Å². The highest BCUT2D eigenvalue weighted by Crippen LogP contribution is 2.28. The zero-order chi connectivity index (χ0) is 10.7. The molecule has 0 aliphatic carbocycles. The highest BCUT2D eigenvalue weighted by molar-refractivity contribution is 9.10. The Morgan fingerprint density at radius 2 is 2.07 bits per heavy atom. The van der Waals surface area contributed by atoms with Crippen molar-refractivity contribution in [1.29, 1.82) is 0 Å². The molecular formula is C11H15BrClN. The van der Waals surface area contributed by atoms with Gasteiger partial charge in [0.2, 0.25) is 0 Å². The third kappa shape index (κ3) is 3.18. The van der Waals surface area contributed by atoms with Gasteiger partial charge in [-0.25, -0.2) is 0 Å². The second-order valence-electron chi connectivity index (χ2n) is 3.87. The number of benzene rings is 1. The first-order chi connectivity index (χ1) is 6.50. The van der Waals surface area contributed by atoms with E-state index in [-0.39, 0.29) is 0 Å². The fraction of sp³-hybridized carbons (Fsp3) is 0.455. The highest BCUT2D eigenvalue weighted by Gasteiger charge is 2.07. The minimum absolute atomic E-state index is 0.639. The molecule has 1 aromatic rings. The van der Waals surface area contributed by atoms with Crippen molar-refractivity contribution in [3.05, 3.63) is 27.7 Å². The number of nitrogens with zero attached hydrogens (tertiary/aromatic N) is 1. The van der Waals surface area contributed by atoms with Gasteiger partial charge in [0, 0.05) is 18.1 Å². The normalized spacial score (nSPS) is 10.7. The number of rotatable bonds is 3. The Bertz CT molecular complexity index is 312. The number of anilines is 1. The lowest BCUT2D eigenvalue weighted by Crippen LogP contribution is -2.22. The molecule has 0 amide bonds. The monoisotopic (exact) mass is 275 g/mol. The van der Waals surface area contributed by atoms with Crippen molar-refractivity contribution in [2.45, 2.75) is 13.8 Å². The van der Waals surface area contributed by atoms with Crippen molar-refractivity contribution in [2.75, 3.05) is 18.5 Å². The quantitative estimate of drug-likeness (QED) is 0.800. The van der Waals surface area contributed by atoms with Gasteiger partial charge in [0.1, 0.15) is 0 Å². The van der Waals surface area contributed by atoms with Crippen LogP contribution in [0, 0.1) is 5.92 Å². The molecule has 0 saturated heterocycles. The van der Waals surface area contributed by atoms with Gasteiger partial charge in [-0.15, -0.1) is 0 Å².